The number of nitrogen functional groups attached to an aromatic ring is 1. The summed E-state index contributed by atoms with van der Waals surface area (Å²) in [7, 11) is 0. The van der Waals surface area contributed by atoms with Gasteiger partial charge in [0.05, 0.1) is 0 Å². The van der Waals surface area contributed by atoms with Gasteiger partial charge >= 0.3 is 0 Å². The lowest BCUT2D eigenvalue weighted by Crippen LogP contribution is -2.27. The Hall–Kier alpha value is -0.900. The smallest absolute Gasteiger partial charge is 0.127 e. The van der Waals surface area contributed by atoms with Crippen LogP contribution >= 0.6 is 11.8 Å². The van der Waals surface area contributed by atoms with Gasteiger partial charge in [-0.15, -0.1) is 0 Å². The van der Waals surface area contributed by atoms with Gasteiger partial charge in [0.25, 0.3) is 0 Å². The van der Waals surface area contributed by atoms with Gasteiger partial charge in [0, 0.05) is 35.0 Å². The third-order valence-corrected chi connectivity index (χ3v) is 4.48. The van der Waals surface area contributed by atoms with E-state index < -0.39 is 0 Å². The van der Waals surface area contributed by atoms with Crippen molar-refractivity contribution >= 4 is 23.1 Å². The van der Waals surface area contributed by atoms with Gasteiger partial charge in [-0.25, -0.2) is 4.39 Å². The van der Waals surface area contributed by atoms with E-state index >= 15 is 0 Å². The number of anilines is 2. The number of hydrogen-bond acceptors (Lipinski definition) is 3. The minimum absolute atomic E-state index is 0.254. The molecule has 4 heteroatoms. The van der Waals surface area contributed by atoms with Gasteiger partial charge < -0.3 is 10.6 Å². The van der Waals surface area contributed by atoms with Crippen LogP contribution in [0.4, 0.5) is 15.8 Å². The molecule has 1 aliphatic heterocycles. The molecule has 0 aliphatic carbocycles. The molecule has 1 aliphatic rings. The highest BCUT2D eigenvalue weighted by Gasteiger charge is 2.23. The van der Waals surface area contributed by atoms with Crippen LogP contribution in [0.25, 0.3) is 0 Å². The van der Waals surface area contributed by atoms with Gasteiger partial charge in [-0.05, 0) is 24.6 Å². The first-order valence-corrected chi connectivity index (χ1v) is 6.90. The topological polar surface area (TPSA) is 29.3 Å². The highest BCUT2D eigenvalue weighted by molar-refractivity contribution is 8.00. The summed E-state index contributed by atoms with van der Waals surface area (Å²) in [6.45, 7) is 6.45. The number of nitrogens with two attached hydrogens (primary N) is 1. The van der Waals surface area contributed by atoms with E-state index in [1.807, 2.05) is 17.8 Å². The Morgan fingerprint density at radius 1 is 1.29 bits per heavy atom. The number of nitrogens with zero attached hydrogens (tertiary/aromatic N) is 1. The lowest BCUT2D eigenvalue weighted by atomic mass is 10.1. The fourth-order valence-electron chi connectivity index (χ4n) is 2.06. The van der Waals surface area contributed by atoms with Crippen LogP contribution in [0.2, 0.25) is 0 Å². The minimum atomic E-state index is -0.254. The molecule has 1 heterocycles. The number of halogens is 1. The summed E-state index contributed by atoms with van der Waals surface area (Å²) in [4.78, 5) is 2.22. The Balaban J connectivity index is 2.17. The second-order valence-corrected chi connectivity index (χ2v) is 6.89. The SMILES string of the molecule is CC1(C)CCN(c2cc(N)cc(F)c2)CCS1. The molecular formula is C13H19FN2S. The van der Waals surface area contributed by atoms with E-state index in [1.165, 1.54) is 6.07 Å². The van der Waals surface area contributed by atoms with Crippen molar-refractivity contribution < 1.29 is 4.39 Å². The lowest BCUT2D eigenvalue weighted by molar-refractivity contribution is 0.621. The van der Waals surface area contributed by atoms with Crippen LogP contribution < -0.4 is 10.6 Å². The van der Waals surface area contributed by atoms with Crippen LogP contribution in [0.5, 0.6) is 0 Å². The Morgan fingerprint density at radius 2 is 2.06 bits per heavy atom. The molecular weight excluding hydrogens is 235 g/mol. The molecule has 0 spiro atoms. The van der Waals surface area contributed by atoms with Crippen LogP contribution in [0.15, 0.2) is 18.2 Å². The van der Waals surface area contributed by atoms with Crippen LogP contribution in [0.1, 0.15) is 20.3 Å². The number of thioether (sulfide) groups is 1. The lowest BCUT2D eigenvalue weighted by Gasteiger charge is -2.24. The molecule has 1 aromatic rings. The van der Waals surface area contributed by atoms with Gasteiger partial charge in [-0.3, -0.25) is 0 Å². The van der Waals surface area contributed by atoms with Crippen LogP contribution in [0, 0.1) is 5.82 Å². The molecule has 1 saturated heterocycles. The highest BCUT2D eigenvalue weighted by Crippen LogP contribution is 2.32. The average Bonchev–Trinajstić information content (AvgIpc) is 2.38. The van der Waals surface area contributed by atoms with Crippen LogP contribution in [-0.4, -0.2) is 23.6 Å². The Labute approximate surface area is 106 Å². The summed E-state index contributed by atoms with van der Waals surface area (Å²) in [6.07, 6.45) is 1.11. The predicted molar refractivity (Wildman–Crippen MR) is 74.2 cm³/mol. The summed E-state index contributed by atoms with van der Waals surface area (Å²) >= 11 is 1.98. The van der Waals surface area contributed by atoms with Crippen molar-refractivity contribution in [2.24, 2.45) is 0 Å². The predicted octanol–water partition coefficient (Wildman–Crippen LogP) is 3.13. The van der Waals surface area contributed by atoms with Crippen molar-refractivity contribution in [1.29, 1.82) is 0 Å². The molecule has 2 rings (SSSR count). The zero-order chi connectivity index (χ0) is 12.5. The Bertz CT molecular complexity index is 386. The average molecular weight is 254 g/mol. The first-order chi connectivity index (χ1) is 7.96. The molecule has 0 radical (unpaired) electrons. The molecule has 2 N–H and O–H groups in total. The maximum Gasteiger partial charge on any atom is 0.127 e. The molecule has 0 atom stereocenters. The zero-order valence-corrected chi connectivity index (χ0v) is 11.2. The van der Waals surface area contributed by atoms with Gasteiger partial charge in [-0.2, -0.15) is 11.8 Å². The molecule has 0 bridgehead atoms. The maximum atomic E-state index is 13.3. The van der Waals surface area contributed by atoms with Crippen molar-refractivity contribution in [3.63, 3.8) is 0 Å². The third-order valence-electron chi connectivity index (χ3n) is 3.11. The largest absolute Gasteiger partial charge is 0.399 e. The normalized spacial score (nSPS) is 20.1. The zero-order valence-electron chi connectivity index (χ0n) is 10.4. The van der Waals surface area contributed by atoms with E-state index in [1.54, 1.807) is 6.07 Å². The van der Waals surface area contributed by atoms with Crippen molar-refractivity contribution in [3.05, 3.63) is 24.0 Å². The van der Waals surface area contributed by atoms with Crippen LogP contribution in [0.3, 0.4) is 0 Å². The molecule has 94 valence electrons. The first-order valence-electron chi connectivity index (χ1n) is 5.91. The first kappa shape index (κ1) is 12.6. The molecule has 0 unspecified atom stereocenters. The highest BCUT2D eigenvalue weighted by atomic mass is 32.2. The Kier molecular flexibility index (Phi) is 3.52. The second-order valence-electron chi connectivity index (χ2n) is 5.09. The molecule has 0 aromatic heterocycles. The second kappa shape index (κ2) is 4.77. The van der Waals surface area contributed by atoms with Crippen molar-refractivity contribution in [2.75, 3.05) is 29.5 Å². The standard InChI is InChI=1S/C13H19FN2S/c1-13(2)3-4-16(5-6-17-13)12-8-10(14)7-11(15)9-12/h7-9H,3-6,15H2,1-2H3. The number of benzene rings is 1. The number of rotatable bonds is 1. The van der Waals surface area contributed by atoms with Crippen molar-refractivity contribution in [3.8, 4) is 0 Å². The fraction of sp³-hybridized carbons (Fsp3) is 0.538. The molecule has 17 heavy (non-hydrogen) atoms. The molecule has 2 nitrogen and oxygen atoms in total. The molecule has 1 aromatic carbocycles. The fourth-order valence-corrected chi connectivity index (χ4v) is 3.16. The number of hydrogen-bond donors (Lipinski definition) is 1. The van der Waals surface area contributed by atoms with E-state index in [0.29, 0.717) is 10.4 Å². The summed E-state index contributed by atoms with van der Waals surface area (Å²) in [5, 5.41) is 0. The maximum absolute atomic E-state index is 13.3. The third kappa shape index (κ3) is 3.28. The molecule has 0 saturated carbocycles. The van der Waals surface area contributed by atoms with Crippen LogP contribution in [-0.2, 0) is 0 Å². The molecule has 0 amide bonds. The van der Waals surface area contributed by atoms with E-state index in [-0.39, 0.29) is 5.82 Å². The van der Waals surface area contributed by atoms with Gasteiger partial charge in [0.2, 0.25) is 0 Å². The van der Waals surface area contributed by atoms with Crippen molar-refractivity contribution in [2.45, 2.75) is 25.0 Å². The van der Waals surface area contributed by atoms with Gasteiger partial charge in [0.1, 0.15) is 5.82 Å². The summed E-state index contributed by atoms with van der Waals surface area (Å²) in [6, 6.07) is 4.78. The van der Waals surface area contributed by atoms with Crippen molar-refractivity contribution in [1.82, 2.24) is 0 Å². The van der Waals surface area contributed by atoms with E-state index in [2.05, 4.69) is 18.7 Å². The van der Waals surface area contributed by atoms with Gasteiger partial charge in [-0.1, -0.05) is 13.8 Å². The minimum Gasteiger partial charge on any atom is -0.399 e. The monoisotopic (exact) mass is 254 g/mol. The summed E-state index contributed by atoms with van der Waals surface area (Å²) < 4.78 is 13.6. The molecule has 1 fully saturated rings. The summed E-state index contributed by atoms with van der Waals surface area (Å²) in [5.74, 6) is 0.819. The Morgan fingerprint density at radius 3 is 2.76 bits per heavy atom. The van der Waals surface area contributed by atoms with Gasteiger partial charge in [0.15, 0.2) is 0 Å². The quantitative estimate of drug-likeness (QED) is 0.781. The van der Waals surface area contributed by atoms with E-state index in [0.717, 1.165) is 31.0 Å². The summed E-state index contributed by atoms with van der Waals surface area (Å²) in [5.41, 5.74) is 7.09. The van der Waals surface area contributed by atoms with E-state index in [9.17, 15) is 4.39 Å². The van der Waals surface area contributed by atoms with E-state index in [4.69, 9.17) is 5.73 Å².